The zero-order valence-corrected chi connectivity index (χ0v) is 15.4. The number of thiophene rings is 1. The van der Waals surface area contributed by atoms with Crippen LogP contribution >= 0.6 is 11.3 Å². The van der Waals surface area contributed by atoms with Crippen LogP contribution in [-0.2, 0) is 4.79 Å². The number of anilines is 1. The number of nitrogens with zero attached hydrogens (tertiary/aromatic N) is 3. The third-order valence-corrected chi connectivity index (χ3v) is 6.15. The highest BCUT2D eigenvalue weighted by atomic mass is 32.1. The maximum Gasteiger partial charge on any atom is 0.226 e. The Hall–Kier alpha value is -2.99. The molecular formula is C21H18N4OS. The normalized spacial score (nSPS) is 21.9. The molecule has 0 amide bonds. The first-order valence-corrected chi connectivity index (χ1v) is 9.87. The van der Waals surface area contributed by atoms with Crippen molar-refractivity contribution in [3.05, 3.63) is 82.0 Å². The molecule has 2 aliphatic rings. The number of nitrogens with one attached hydrogen (secondary N) is 1. The van der Waals surface area contributed by atoms with Gasteiger partial charge >= 0.3 is 0 Å². The maximum absolute atomic E-state index is 13.1. The molecule has 0 unspecified atom stereocenters. The topological polar surface area (TPSA) is 59.8 Å². The van der Waals surface area contributed by atoms with E-state index in [0.717, 1.165) is 23.3 Å². The third kappa shape index (κ3) is 2.92. The van der Waals surface area contributed by atoms with Gasteiger partial charge in [-0.25, -0.2) is 4.68 Å². The minimum atomic E-state index is -0.226. The molecule has 2 aromatic heterocycles. The van der Waals surface area contributed by atoms with Crippen LogP contribution in [0.3, 0.4) is 0 Å². The summed E-state index contributed by atoms with van der Waals surface area (Å²) in [6.07, 6.45) is 6.99. The summed E-state index contributed by atoms with van der Waals surface area (Å²) in [5.74, 6) is 1.11. The van der Waals surface area contributed by atoms with Crippen molar-refractivity contribution in [3.63, 3.8) is 0 Å². The Morgan fingerprint density at radius 3 is 2.85 bits per heavy atom. The lowest BCUT2D eigenvalue weighted by Crippen LogP contribution is -2.32. The van der Waals surface area contributed by atoms with E-state index in [1.807, 2.05) is 48.6 Å². The van der Waals surface area contributed by atoms with Crippen molar-refractivity contribution in [1.82, 2.24) is 14.8 Å². The zero-order valence-electron chi connectivity index (χ0n) is 14.6. The SMILES string of the molecule is O=C1C[C@H](c2cccs2)CC2=C1[C@@H](/C=C/c1ccccc1)n1ncnc1N2. The quantitative estimate of drug-likeness (QED) is 0.737. The molecule has 0 saturated heterocycles. The summed E-state index contributed by atoms with van der Waals surface area (Å²) in [7, 11) is 0. The van der Waals surface area contributed by atoms with Crippen LogP contribution in [0.5, 0.6) is 0 Å². The van der Waals surface area contributed by atoms with E-state index in [0.29, 0.717) is 12.4 Å². The lowest BCUT2D eigenvalue weighted by molar-refractivity contribution is -0.116. The van der Waals surface area contributed by atoms with Crippen LogP contribution < -0.4 is 5.32 Å². The van der Waals surface area contributed by atoms with E-state index >= 15 is 0 Å². The first-order valence-electron chi connectivity index (χ1n) is 8.99. The van der Waals surface area contributed by atoms with Crippen molar-refractivity contribution in [2.45, 2.75) is 24.8 Å². The second-order valence-corrected chi connectivity index (χ2v) is 7.78. The van der Waals surface area contributed by atoms with Crippen molar-refractivity contribution in [3.8, 4) is 0 Å². The first-order chi connectivity index (χ1) is 13.3. The van der Waals surface area contributed by atoms with Gasteiger partial charge in [-0.1, -0.05) is 48.6 Å². The highest BCUT2D eigenvalue weighted by molar-refractivity contribution is 7.10. The fraction of sp³-hybridized carbons (Fsp3) is 0.190. The number of hydrogen-bond acceptors (Lipinski definition) is 5. The van der Waals surface area contributed by atoms with Gasteiger partial charge in [0.25, 0.3) is 0 Å². The molecule has 0 fully saturated rings. The molecule has 27 heavy (non-hydrogen) atoms. The number of aromatic nitrogens is 3. The van der Waals surface area contributed by atoms with Crippen molar-refractivity contribution in [2.75, 3.05) is 5.32 Å². The number of ketones is 1. The smallest absolute Gasteiger partial charge is 0.226 e. The van der Waals surface area contributed by atoms with Gasteiger partial charge in [-0.3, -0.25) is 4.79 Å². The number of carbonyl (C=O) groups excluding carboxylic acids is 1. The molecule has 0 radical (unpaired) electrons. The molecular weight excluding hydrogens is 356 g/mol. The lowest BCUT2D eigenvalue weighted by Gasteiger charge is -2.33. The van der Waals surface area contributed by atoms with Gasteiger partial charge in [0.1, 0.15) is 12.4 Å². The van der Waals surface area contributed by atoms with Crippen LogP contribution in [0.2, 0.25) is 0 Å². The Bertz CT molecular complexity index is 1030. The van der Waals surface area contributed by atoms with E-state index < -0.39 is 0 Å². The lowest BCUT2D eigenvalue weighted by atomic mass is 9.81. The minimum absolute atomic E-state index is 0.186. The van der Waals surface area contributed by atoms with E-state index in [-0.39, 0.29) is 17.7 Å². The Balaban J connectivity index is 1.53. The Morgan fingerprint density at radius 2 is 2.04 bits per heavy atom. The molecule has 3 heterocycles. The van der Waals surface area contributed by atoms with E-state index in [4.69, 9.17) is 0 Å². The summed E-state index contributed by atoms with van der Waals surface area (Å²) in [5.41, 5.74) is 2.89. The number of carbonyl (C=O) groups is 1. The fourth-order valence-corrected chi connectivity index (χ4v) is 4.69. The van der Waals surface area contributed by atoms with Gasteiger partial charge in [-0.2, -0.15) is 10.1 Å². The van der Waals surface area contributed by atoms with Crippen LogP contribution in [0, 0.1) is 0 Å². The molecule has 1 aliphatic heterocycles. The summed E-state index contributed by atoms with van der Waals surface area (Å²) < 4.78 is 1.79. The molecule has 5 rings (SSSR count). The number of Topliss-reactive ketones (excluding diaryl/α,β-unsaturated/α-hetero) is 1. The molecule has 3 aromatic rings. The second-order valence-electron chi connectivity index (χ2n) is 6.80. The Morgan fingerprint density at radius 1 is 1.15 bits per heavy atom. The summed E-state index contributed by atoms with van der Waals surface area (Å²) in [5, 5.41) is 9.77. The summed E-state index contributed by atoms with van der Waals surface area (Å²) in [6.45, 7) is 0. The molecule has 1 aromatic carbocycles. The largest absolute Gasteiger partial charge is 0.328 e. The number of allylic oxidation sites excluding steroid dienone is 3. The third-order valence-electron chi connectivity index (χ3n) is 5.12. The van der Waals surface area contributed by atoms with E-state index in [1.54, 1.807) is 16.0 Å². The van der Waals surface area contributed by atoms with Gasteiger partial charge in [0.05, 0.1) is 0 Å². The van der Waals surface area contributed by atoms with Crippen LogP contribution in [-0.4, -0.2) is 20.5 Å². The van der Waals surface area contributed by atoms with E-state index in [9.17, 15) is 4.79 Å². The fourth-order valence-electron chi connectivity index (χ4n) is 3.86. The average molecular weight is 374 g/mol. The molecule has 2 atom stereocenters. The predicted molar refractivity (Wildman–Crippen MR) is 106 cm³/mol. The standard InChI is InChI=1S/C21H18N4OS/c26-18-12-15(19-7-4-10-27-19)11-16-20(18)17(25-21(24-16)22-13-23-25)9-8-14-5-2-1-3-6-14/h1-10,13,15,17H,11-12H2,(H,22,23,24)/b9-8+/t15-,17-/m1/s1. The van der Waals surface area contributed by atoms with Crippen LogP contribution in [0.15, 0.2) is 71.5 Å². The van der Waals surface area contributed by atoms with Crippen LogP contribution in [0.25, 0.3) is 6.08 Å². The van der Waals surface area contributed by atoms with Crippen molar-refractivity contribution in [1.29, 1.82) is 0 Å². The zero-order chi connectivity index (χ0) is 18.2. The number of hydrogen-bond donors (Lipinski definition) is 1. The second kappa shape index (κ2) is 6.63. The maximum atomic E-state index is 13.1. The van der Waals surface area contributed by atoms with Crippen LogP contribution in [0.4, 0.5) is 5.95 Å². The molecule has 0 bridgehead atoms. The molecule has 5 nitrogen and oxygen atoms in total. The van der Waals surface area contributed by atoms with Crippen LogP contribution in [0.1, 0.15) is 35.2 Å². The Labute approximate surface area is 161 Å². The summed E-state index contributed by atoms with van der Waals surface area (Å²) in [4.78, 5) is 18.7. The molecule has 6 heteroatoms. The summed E-state index contributed by atoms with van der Waals surface area (Å²) in [6, 6.07) is 14.0. The predicted octanol–water partition coefficient (Wildman–Crippen LogP) is 4.42. The van der Waals surface area contributed by atoms with Gasteiger partial charge in [-0.15, -0.1) is 11.3 Å². The molecule has 0 saturated carbocycles. The highest BCUT2D eigenvalue weighted by Crippen LogP contribution is 2.42. The minimum Gasteiger partial charge on any atom is -0.328 e. The monoisotopic (exact) mass is 374 g/mol. The average Bonchev–Trinajstić information content (AvgIpc) is 3.37. The van der Waals surface area contributed by atoms with Crippen molar-refractivity contribution >= 4 is 29.1 Å². The van der Waals surface area contributed by atoms with Gasteiger partial charge in [0, 0.05) is 28.5 Å². The molecule has 0 spiro atoms. The molecule has 134 valence electrons. The molecule has 1 aliphatic carbocycles. The molecule has 1 N–H and O–H groups in total. The highest BCUT2D eigenvalue weighted by Gasteiger charge is 2.37. The van der Waals surface area contributed by atoms with E-state index in [2.05, 4.69) is 26.8 Å². The van der Waals surface area contributed by atoms with Gasteiger partial charge in [-0.05, 0) is 23.4 Å². The van der Waals surface area contributed by atoms with Crippen molar-refractivity contribution in [2.24, 2.45) is 0 Å². The summed E-state index contributed by atoms with van der Waals surface area (Å²) >= 11 is 1.72. The van der Waals surface area contributed by atoms with Crippen molar-refractivity contribution < 1.29 is 4.79 Å². The van der Waals surface area contributed by atoms with Gasteiger partial charge in [0.2, 0.25) is 5.95 Å². The number of fused-ring (bicyclic) bond motifs is 1. The Kier molecular flexibility index (Phi) is 3.98. The number of rotatable bonds is 3. The first kappa shape index (κ1) is 16.2. The van der Waals surface area contributed by atoms with E-state index in [1.165, 1.54) is 11.2 Å². The number of benzene rings is 1. The van der Waals surface area contributed by atoms with Gasteiger partial charge < -0.3 is 5.32 Å². The van der Waals surface area contributed by atoms with Gasteiger partial charge in [0.15, 0.2) is 5.78 Å².